The van der Waals surface area contributed by atoms with Crippen LogP contribution in [0.3, 0.4) is 0 Å². The van der Waals surface area contributed by atoms with E-state index in [0.717, 1.165) is 12.8 Å². The van der Waals surface area contributed by atoms with Gasteiger partial charge in [-0.15, -0.1) is 0 Å². The Morgan fingerprint density at radius 2 is 1.97 bits per heavy atom. The maximum Gasteiger partial charge on any atom is 0.251 e. The van der Waals surface area contributed by atoms with E-state index >= 15 is 0 Å². The van der Waals surface area contributed by atoms with Crippen molar-refractivity contribution in [3.05, 3.63) is 23.8 Å². The SMILES string of the molecule is COCCNc1ccc(C(=O)NC2C(C)(C)[C@H]3CC[C@@]2(C)C3)cc1S(=O)(=O)N1CCOCC1. The fourth-order valence-electron chi connectivity index (χ4n) is 6.11. The highest BCUT2D eigenvalue weighted by atomic mass is 32.2. The predicted molar refractivity (Wildman–Crippen MR) is 127 cm³/mol. The molecule has 0 aromatic heterocycles. The van der Waals surface area contributed by atoms with Crippen LogP contribution in [0.25, 0.3) is 0 Å². The van der Waals surface area contributed by atoms with Gasteiger partial charge in [0.05, 0.1) is 25.5 Å². The van der Waals surface area contributed by atoms with Gasteiger partial charge >= 0.3 is 0 Å². The van der Waals surface area contributed by atoms with Gasteiger partial charge in [-0.05, 0) is 54.2 Å². The number of sulfonamides is 1. The lowest BCUT2D eigenvalue weighted by Crippen LogP contribution is -2.52. The molecule has 0 spiro atoms. The molecular formula is C24H37N3O5S. The van der Waals surface area contributed by atoms with E-state index in [2.05, 4.69) is 31.4 Å². The molecule has 1 aromatic rings. The summed E-state index contributed by atoms with van der Waals surface area (Å²) in [5.41, 5.74) is 0.949. The summed E-state index contributed by atoms with van der Waals surface area (Å²) in [7, 11) is -2.19. The molecule has 1 saturated heterocycles. The molecular weight excluding hydrogens is 442 g/mol. The Morgan fingerprint density at radius 1 is 1.24 bits per heavy atom. The third kappa shape index (κ3) is 4.52. The molecule has 4 rings (SSSR count). The quantitative estimate of drug-likeness (QED) is 0.557. The van der Waals surface area contributed by atoms with Gasteiger partial charge in [0.2, 0.25) is 10.0 Å². The van der Waals surface area contributed by atoms with Crippen molar-refractivity contribution in [1.82, 2.24) is 9.62 Å². The number of carbonyl (C=O) groups excluding carboxylic acids is 1. The Bertz CT molecular complexity index is 985. The fourth-order valence-corrected chi connectivity index (χ4v) is 7.72. The first-order chi connectivity index (χ1) is 15.6. The van der Waals surface area contributed by atoms with Crippen LogP contribution in [-0.4, -0.2) is 71.2 Å². The molecule has 0 radical (unpaired) electrons. The normalized spacial score (nSPS) is 29.2. The summed E-state index contributed by atoms with van der Waals surface area (Å²) in [6, 6.07) is 4.96. The molecule has 3 atom stereocenters. The third-order valence-corrected chi connectivity index (χ3v) is 9.94. The summed E-state index contributed by atoms with van der Waals surface area (Å²) in [6.07, 6.45) is 3.45. The summed E-state index contributed by atoms with van der Waals surface area (Å²) < 4.78 is 38.8. The van der Waals surface area contributed by atoms with Gasteiger partial charge in [0.1, 0.15) is 4.90 Å². The molecule has 1 unspecified atom stereocenters. The van der Waals surface area contributed by atoms with E-state index in [-0.39, 0.29) is 27.7 Å². The van der Waals surface area contributed by atoms with Crippen LogP contribution in [0.4, 0.5) is 5.69 Å². The van der Waals surface area contributed by atoms with E-state index < -0.39 is 10.0 Å². The zero-order valence-electron chi connectivity index (χ0n) is 20.1. The van der Waals surface area contributed by atoms with Crippen molar-refractivity contribution in [2.24, 2.45) is 16.7 Å². The van der Waals surface area contributed by atoms with Crippen LogP contribution >= 0.6 is 0 Å². The van der Waals surface area contributed by atoms with Crippen LogP contribution in [0, 0.1) is 16.7 Å². The smallest absolute Gasteiger partial charge is 0.251 e. The van der Waals surface area contributed by atoms with Crippen molar-refractivity contribution < 1.29 is 22.7 Å². The average Bonchev–Trinajstić information content (AvgIpc) is 3.28. The van der Waals surface area contributed by atoms with Crippen LogP contribution in [0.2, 0.25) is 0 Å². The van der Waals surface area contributed by atoms with E-state index in [1.54, 1.807) is 19.2 Å². The largest absolute Gasteiger partial charge is 0.383 e. The number of nitrogens with zero attached hydrogens (tertiary/aromatic N) is 1. The predicted octanol–water partition coefficient (Wildman–Crippen LogP) is 2.71. The molecule has 1 heterocycles. The number of morpholine rings is 1. The summed E-state index contributed by atoms with van der Waals surface area (Å²) in [5, 5.41) is 6.43. The third-order valence-electron chi connectivity index (χ3n) is 8.00. The summed E-state index contributed by atoms with van der Waals surface area (Å²) in [4.78, 5) is 13.5. The van der Waals surface area contributed by atoms with E-state index in [4.69, 9.17) is 9.47 Å². The van der Waals surface area contributed by atoms with Crippen molar-refractivity contribution in [3.8, 4) is 0 Å². The topological polar surface area (TPSA) is 97.0 Å². The standard InChI is InChI=1S/C24H37N3O5S/c1-23(2)18-7-8-24(3,16-18)22(23)26-21(28)17-5-6-19(25-9-12-31-4)20(15-17)33(29,30)27-10-13-32-14-11-27/h5-6,15,18,22,25H,7-14,16H2,1-4H3,(H,26,28)/t18-,22?,24-/m0/s1. The van der Waals surface area contributed by atoms with Gasteiger partial charge in [-0.25, -0.2) is 8.42 Å². The van der Waals surface area contributed by atoms with Gasteiger partial charge in [0.25, 0.3) is 5.91 Å². The Morgan fingerprint density at radius 3 is 2.61 bits per heavy atom. The highest BCUT2D eigenvalue weighted by Crippen LogP contribution is 2.62. The molecule has 9 heteroatoms. The highest BCUT2D eigenvalue weighted by Gasteiger charge is 2.59. The molecule has 1 aromatic carbocycles. The van der Waals surface area contributed by atoms with Crippen LogP contribution in [-0.2, 0) is 19.5 Å². The first-order valence-corrected chi connectivity index (χ1v) is 13.3. The Balaban J connectivity index is 1.62. The molecule has 2 N–H and O–H groups in total. The Hall–Kier alpha value is -1.68. The van der Waals surface area contributed by atoms with Gasteiger partial charge in [0, 0.05) is 38.3 Å². The van der Waals surface area contributed by atoms with Gasteiger partial charge in [0.15, 0.2) is 0 Å². The van der Waals surface area contributed by atoms with Crippen LogP contribution in [0.1, 0.15) is 50.4 Å². The van der Waals surface area contributed by atoms with Crippen molar-refractivity contribution in [2.75, 3.05) is 51.9 Å². The van der Waals surface area contributed by atoms with E-state index in [1.165, 1.54) is 16.8 Å². The first kappa shape index (κ1) is 24.4. The molecule has 184 valence electrons. The Labute approximate surface area is 197 Å². The molecule has 33 heavy (non-hydrogen) atoms. The molecule has 8 nitrogen and oxygen atoms in total. The number of fused-ring (bicyclic) bond motifs is 2. The van der Waals surface area contributed by atoms with Crippen molar-refractivity contribution in [1.29, 1.82) is 0 Å². The minimum Gasteiger partial charge on any atom is -0.383 e. The maximum absolute atomic E-state index is 13.5. The number of amides is 1. The van der Waals surface area contributed by atoms with Crippen molar-refractivity contribution in [3.63, 3.8) is 0 Å². The molecule has 3 fully saturated rings. The number of methoxy groups -OCH3 is 1. The number of hydrogen-bond donors (Lipinski definition) is 2. The number of rotatable bonds is 8. The van der Waals surface area contributed by atoms with Gasteiger partial charge in [-0.3, -0.25) is 4.79 Å². The molecule has 1 aliphatic heterocycles. The molecule has 2 aliphatic carbocycles. The lowest BCUT2D eigenvalue weighted by atomic mass is 9.68. The lowest BCUT2D eigenvalue weighted by Gasteiger charge is -2.43. The fraction of sp³-hybridized carbons (Fsp3) is 0.708. The summed E-state index contributed by atoms with van der Waals surface area (Å²) in [6.45, 7) is 8.97. The van der Waals surface area contributed by atoms with Gasteiger partial charge < -0.3 is 20.1 Å². The number of nitrogens with one attached hydrogen (secondary N) is 2. The minimum absolute atomic E-state index is 0.0208. The molecule has 1 amide bonds. The average molecular weight is 480 g/mol. The zero-order chi connectivity index (χ0) is 23.9. The second-order valence-electron chi connectivity index (χ2n) is 10.5. The van der Waals surface area contributed by atoms with Gasteiger partial charge in [-0.1, -0.05) is 20.8 Å². The summed E-state index contributed by atoms with van der Waals surface area (Å²) in [5.74, 6) is 0.390. The molecule has 2 bridgehead atoms. The lowest BCUT2D eigenvalue weighted by molar-refractivity contribution is 0.0729. The van der Waals surface area contributed by atoms with Crippen molar-refractivity contribution in [2.45, 2.75) is 51.0 Å². The molecule has 2 saturated carbocycles. The number of carbonyl (C=O) groups is 1. The zero-order valence-corrected chi connectivity index (χ0v) is 21.0. The maximum atomic E-state index is 13.5. The van der Waals surface area contributed by atoms with E-state index in [0.29, 0.717) is 56.6 Å². The second kappa shape index (κ2) is 9.17. The molecule has 3 aliphatic rings. The monoisotopic (exact) mass is 479 g/mol. The van der Waals surface area contributed by atoms with Gasteiger partial charge in [-0.2, -0.15) is 4.31 Å². The highest BCUT2D eigenvalue weighted by molar-refractivity contribution is 7.89. The Kier molecular flexibility index (Phi) is 6.79. The van der Waals surface area contributed by atoms with Crippen LogP contribution in [0.15, 0.2) is 23.1 Å². The van der Waals surface area contributed by atoms with Crippen LogP contribution < -0.4 is 10.6 Å². The number of ether oxygens (including phenoxy) is 2. The number of hydrogen-bond acceptors (Lipinski definition) is 6. The summed E-state index contributed by atoms with van der Waals surface area (Å²) >= 11 is 0. The van der Waals surface area contributed by atoms with E-state index in [1.807, 2.05) is 0 Å². The van der Waals surface area contributed by atoms with E-state index in [9.17, 15) is 13.2 Å². The first-order valence-electron chi connectivity index (χ1n) is 11.9. The number of benzene rings is 1. The number of anilines is 1. The second-order valence-corrected chi connectivity index (χ2v) is 12.4. The van der Waals surface area contributed by atoms with Crippen LogP contribution in [0.5, 0.6) is 0 Å². The minimum atomic E-state index is -3.79. The van der Waals surface area contributed by atoms with Crippen molar-refractivity contribution >= 4 is 21.6 Å².